The van der Waals surface area contributed by atoms with E-state index in [1.807, 2.05) is 20.8 Å². The summed E-state index contributed by atoms with van der Waals surface area (Å²) >= 11 is 0. The topological polar surface area (TPSA) is 72.7 Å². The number of aromatic nitrogens is 4. The Balaban J connectivity index is 2.14. The molecule has 0 fully saturated rings. The highest BCUT2D eigenvalue weighted by atomic mass is 19.4. The Morgan fingerprint density at radius 2 is 1.82 bits per heavy atom. The van der Waals surface area contributed by atoms with Gasteiger partial charge in [-0.3, -0.25) is 4.79 Å². The molecular weight excluding hydrogens is 299 g/mol. The highest BCUT2D eigenvalue weighted by Gasteiger charge is 2.31. The minimum atomic E-state index is -4.55. The van der Waals surface area contributed by atoms with Crippen molar-refractivity contribution in [2.24, 2.45) is 0 Å². The molecule has 0 bridgehead atoms. The van der Waals surface area contributed by atoms with Gasteiger partial charge >= 0.3 is 6.18 Å². The van der Waals surface area contributed by atoms with Crippen LogP contribution in [0.25, 0.3) is 5.95 Å². The summed E-state index contributed by atoms with van der Waals surface area (Å²) in [6, 6.07) is 0. The van der Waals surface area contributed by atoms with Crippen LogP contribution in [0, 0.1) is 20.8 Å². The number of anilines is 1. The lowest BCUT2D eigenvalue weighted by Gasteiger charge is -2.08. The highest BCUT2D eigenvalue weighted by Crippen LogP contribution is 2.20. The first kappa shape index (κ1) is 15.9. The zero-order valence-electron chi connectivity index (χ0n) is 12.2. The Labute approximate surface area is 124 Å². The first-order valence-electron chi connectivity index (χ1n) is 6.39. The van der Waals surface area contributed by atoms with Crippen molar-refractivity contribution in [3.8, 4) is 5.95 Å². The fourth-order valence-electron chi connectivity index (χ4n) is 1.80. The van der Waals surface area contributed by atoms with Gasteiger partial charge in [-0.15, -0.1) is 0 Å². The SMILES string of the molecule is Cc1nn(-c2ncc(NC(=O)CC(F)(F)F)cn2)c(C)c1C. The van der Waals surface area contributed by atoms with Gasteiger partial charge in [0.25, 0.3) is 5.95 Å². The standard InChI is InChI=1S/C13H14F3N5O/c1-7-8(2)20-21(9(7)3)12-17-5-10(6-18-12)19-11(22)4-13(14,15)16/h5-6H,4H2,1-3H3,(H,19,22). The normalized spacial score (nSPS) is 11.5. The second-order valence-corrected chi connectivity index (χ2v) is 4.82. The molecule has 1 N–H and O–H groups in total. The zero-order valence-corrected chi connectivity index (χ0v) is 12.2. The summed E-state index contributed by atoms with van der Waals surface area (Å²) in [5, 5.41) is 6.37. The minimum absolute atomic E-state index is 0.0938. The van der Waals surface area contributed by atoms with Gasteiger partial charge in [0.05, 0.1) is 23.8 Å². The Morgan fingerprint density at radius 1 is 1.23 bits per heavy atom. The fourth-order valence-corrected chi connectivity index (χ4v) is 1.80. The number of hydrogen-bond donors (Lipinski definition) is 1. The molecule has 9 heteroatoms. The van der Waals surface area contributed by atoms with Crippen LogP contribution in [-0.2, 0) is 4.79 Å². The summed E-state index contributed by atoms with van der Waals surface area (Å²) in [5.41, 5.74) is 2.80. The van der Waals surface area contributed by atoms with Crippen LogP contribution in [0.5, 0.6) is 0 Å². The average molecular weight is 313 g/mol. The molecule has 2 aromatic rings. The first-order chi connectivity index (χ1) is 10.2. The summed E-state index contributed by atoms with van der Waals surface area (Å²) in [4.78, 5) is 19.2. The molecule has 22 heavy (non-hydrogen) atoms. The van der Waals surface area contributed by atoms with Crippen LogP contribution in [0.1, 0.15) is 23.4 Å². The Hall–Kier alpha value is -2.45. The quantitative estimate of drug-likeness (QED) is 0.945. The number of hydrogen-bond acceptors (Lipinski definition) is 4. The van der Waals surface area contributed by atoms with E-state index in [2.05, 4.69) is 20.4 Å². The molecule has 0 radical (unpaired) electrons. The zero-order chi connectivity index (χ0) is 16.5. The molecule has 2 aromatic heterocycles. The van der Waals surface area contributed by atoms with E-state index in [1.54, 1.807) is 0 Å². The van der Waals surface area contributed by atoms with Gasteiger partial charge in [-0.25, -0.2) is 14.6 Å². The summed E-state index contributed by atoms with van der Waals surface area (Å²) in [6.45, 7) is 5.63. The monoisotopic (exact) mass is 313 g/mol. The Kier molecular flexibility index (Phi) is 4.16. The molecule has 0 saturated heterocycles. The van der Waals surface area contributed by atoms with Crippen molar-refractivity contribution in [1.29, 1.82) is 0 Å². The van der Waals surface area contributed by atoms with Gasteiger partial charge in [0.2, 0.25) is 5.91 Å². The number of aryl methyl sites for hydroxylation is 1. The molecule has 118 valence electrons. The van der Waals surface area contributed by atoms with Crippen molar-refractivity contribution in [1.82, 2.24) is 19.7 Å². The van der Waals surface area contributed by atoms with Crippen LogP contribution in [-0.4, -0.2) is 31.8 Å². The third kappa shape index (κ3) is 3.60. The van der Waals surface area contributed by atoms with Gasteiger partial charge in [0.15, 0.2) is 0 Å². The molecule has 0 spiro atoms. The fraction of sp³-hybridized carbons (Fsp3) is 0.385. The number of alkyl halides is 3. The molecule has 0 saturated carbocycles. The number of amides is 1. The summed E-state index contributed by atoms with van der Waals surface area (Å²) in [6.07, 6.45) is -3.62. The molecule has 0 aromatic carbocycles. The molecule has 0 aliphatic rings. The third-order valence-corrected chi connectivity index (χ3v) is 3.13. The van der Waals surface area contributed by atoms with Crippen LogP contribution >= 0.6 is 0 Å². The van der Waals surface area contributed by atoms with E-state index in [-0.39, 0.29) is 11.6 Å². The van der Waals surface area contributed by atoms with Crippen LogP contribution < -0.4 is 5.32 Å². The van der Waals surface area contributed by atoms with Crippen LogP contribution in [0.2, 0.25) is 0 Å². The lowest BCUT2D eigenvalue weighted by molar-refractivity contribution is -0.150. The molecule has 0 aliphatic carbocycles. The average Bonchev–Trinajstić information content (AvgIpc) is 2.65. The summed E-state index contributed by atoms with van der Waals surface area (Å²) < 4.78 is 37.8. The van der Waals surface area contributed by atoms with E-state index in [9.17, 15) is 18.0 Å². The van der Waals surface area contributed by atoms with Gasteiger partial charge in [-0.1, -0.05) is 0 Å². The van der Waals surface area contributed by atoms with E-state index in [0.717, 1.165) is 17.0 Å². The van der Waals surface area contributed by atoms with Crippen molar-refractivity contribution in [3.05, 3.63) is 29.3 Å². The first-order valence-corrected chi connectivity index (χ1v) is 6.39. The van der Waals surface area contributed by atoms with Gasteiger partial charge in [0, 0.05) is 5.69 Å². The van der Waals surface area contributed by atoms with Crippen molar-refractivity contribution in [2.45, 2.75) is 33.4 Å². The van der Waals surface area contributed by atoms with Crippen molar-refractivity contribution in [3.63, 3.8) is 0 Å². The number of nitrogens with one attached hydrogen (secondary N) is 1. The molecule has 2 rings (SSSR count). The molecule has 1 amide bonds. The van der Waals surface area contributed by atoms with Crippen molar-refractivity contribution < 1.29 is 18.0 Å². The Morgan fingerprint density at radius 3 is 2.27 bits per heavy atom. The molecule has 0 atom stereocenters. The van der Waals surface area contributed by atoms with Crippen LogP contribution in [0.3, 0.4) is 0 Å². The molecule has 2 heterocycles. The third-order valence-electron chi connectivity index (χ3n) is 3.13. The molecular formula is C13H14F3N5O. The highest BCUT2D eigenvalue weighted by molar-refractivity contribution is 5.90. The van der Waals surface area contributed by atoms with Gasteiger partial charge in [0.1, 0.15) is 6.42 Å². The molecule has 0 aliphatic heterocycles. The lowest BCUT2D eigenvalue weighted by Crippen LogP contribution is -2.21. The van der Waals surface area contributed by atoms with E-state index in [4.69, 9.17) is 0 Å². The number of carbonyl (C=O) groups is 1. The number of carbonyl (C=O) groups excluding carboxylic acids is 1. The van der Waals surface area contributed by atoms with Crippen molar-refractivity contribution in [2.75, 3.05) is 5.32 Å². The maximum absolute atomic E-state index is 12.1. The largest absolute Gasteiger partial charge is 0.397 e. The number of halogens is 3. The van der Waals surface area contributed by atoms with Gasteiger partial charge in [-0.2, -0.15) is 18.3 Å². The smallest absolute Gasteiger partial charge is 0.323 e. The molecule has 6 nitrogen and oxygen atoms in total. The predicted molar refractivity (Wildman–Crippen MR) is 72.7 cm³/mol. The van der Waals surface area contributed by atoms with E-state index < -0.39 is 18.5 Å². The second-order valence-electron chi connectivity index (χ2n) is 4.82. The summed E-state index contributed by atoms with van der Waals surface area (Å²) in [5.74, 6) is -0.881. The van der Waals surface area contributed by atoms with Crippen molar-refractivity contribution >= 4 is 11.6 Å². The van der Waals surface area contributed by atoms with E-state index in [1.165, 1.54) is 17.1 Å². The van der Waals surface area contributed by atoms with Gasteiger partial charge in [-0.05, 0) is 26.3 Å². The molecule has 0 unspecified atom stereocenters. The Bertz CT molecular complexity index is 691. The second kappa shape index (κ2) is 5.74. The van der Waals surface area contributed by atoms with Crippen LogP contribution in [0.4, 0.5) is 18.9 Å². The van der Waals surface area contributed by atoms with Crippen LogP contribution in [0.15, 0.2) is 12.4 Å². The maximum atomic E-state index is 12.1. The van der Waals surface area contributed by atoms with Gasteiger partial charge < -0.3 is 5.32 Å². The minimum Gasteiger partial charge on any atom is -0.323 e. The number of rotatable bonds is 3. The summed E-state index contributed by atoms with van der Waals surface area (Å²) in [7, 11) is 0. The number of nitrogens with zero attached hydrogens (tertiary/aromatic N) is 4. The predicted octanol–water partition coefficient (Wildman–Crippen LogP) is 2.48. The lowest BCUT2D eigenvalue weighted by atomic mass is 10.2. The van der Waals surface area contributed by atoms with E-state index >= 15 is 0 Å². The maximum Gasteiger partial charge on any atom is 0.397 e. The van der Waals surface area contributed by atoms with E-state index in [0.29, 0.717) is 0 Å².